The van der Waals surface area contributed by atoms with Gasteiger partial charge in [-0.2, -0.15) is 0 Å². The summed E-state index contributed by atoms with van der Waals surface area (Å²) >= 11 is 0.978. The molecule has 1 amide bonds. The van der Waals surface area contributed by atoms with E-state index in [1.807, 2.05) is 0 Å². The number of nitrogens with zero attached hydrogens (tertiary/aromatic N) is 1. The van der Waals surface area contributed by atoms with Gasteiger partial charge in [0.05, 0.1) is 11.6 Å². The Balaban J connectivity index is 3.17. The third kappa shape index (κ3) is 1.89. The Morgan fingerprint density at radius 3 is 2.57 bits per heavy atom. The van der Waals surface area contributed by atoms with Gasteiger partial charge in [-0.1, -0.05) is 11.8 Å². The van der Waals surface area contributed by atoms with Crippen LogP contribution >= 0.6 is 22.4 Å². The highest BCUT2D eigenvalue weighted by Crippen LogP contribution is 2.37. The van der Waals surface area contributed by atoms with Crippen LogP contribution in [0.1, 0.15) is 13.8 Å². The monoisotopic (exact) mass is 256 g/mol. The fourth-order valence-corrected chi connectivity index (χ4v) is 4.28. The number of hydrogen-bond donors (Lipinski definition) is 1. The first kappa shape index (κ1) is 11.8. The maximum absolute atomic E-state index is 11.4. The number of hydrogen-bond acceptors (Lipinski definition) is 5. The number of amides is 1. The molecule has 1 N–H and O–H groups in total. The van der Waals surface area contributed by atoms with E-state index in [-0.39, 0.29) is 5.88 Å². The largest absolute Gasteiger partial charge is 0.323 e. The van der Waals surface area contributed by atoms with Crippen LogP contribution in [0.15, 0.2) is 4.99 Å². The summed E-state index contributed by atoms with van der Waals surface area (Å²) in [5.41, 5.74) is 0.299. The highest BCUT2D eigenvalue weighted by Gasteiger charge is 2.50. The van der Waals surface area contributed by atoms with Gasteiger partial charge in [0.2, 0.25) is 10.1 Å². The molecule has 0 aliphatic carbocycles. The Labute approximate surface area is 90.7 Å². The summed E-state index contributed by atoms with van der Waals surface area (Å²) in [6, 6.07) is 0. The van der Waals surface area contributed by atoms with Crippen molar-refractivity contribution in [2.75, 3.05) is 5.88 Å². The van der Waals surface area contributed by atoms with Gasteiger partial charge in [-0.3, -0.25) is 9.79 Å². The van der Waals surface area contributed by atoms with Gasteiger partial charge in [0.25, 0.3) is 9.05 Å². The number of carbonyl (C=O) groups excluding carboxylic acids is 1. The SMILES string of the molecule is CC(=O)NC1(S(=O)(=O)Cl)SCN=C1C. The summed E-state index contributed by atoms with van der Waals surface area (Å²) in [4.78, 5) is 14.8. The highest BCUT2D eigenvalue weighted by atomic mass is 35.7. The summed E-state index contributed by atoms with van der Waals surface area (Å²) in [6.45, 7) is 2.76. The lowest BCUT2D eigenvalue weighted by Crippen LogP contribution is -2.52. The van der Waals surface area contributed by atoms with E-state index in [2.05, 4.69) is 10.3 Å². The lowest BCUT2D eigenvalue weighted by molar-refractivity contribution is -0.119. The van der Waals surface area contributed by atoms with E-state index in [0.717, 1.165) is 11.8 Å². The quantitative estimate of drug-likeness (QED) is 0.731. The molecular formula is C6H9ClN2O3S2. The minimum absolute atomic E-state index is 0.276. The molecule has 1 aliphatic heterocycles. The lowest BCUT2D eigenvalue weighted by Gasteiger charge is -2.25. The third-order valence-corrected chi connectivity index (χ3v) is 5.86. The van der Waals surface area contributed by atoms with Crippen LogP contribution in [-0.2, 0) is 13.8 Å². The zero-order chi connectivity index (χ0) is 11.0. The fourth-order valence-electron chi connectivity index (χ4n) is 1.09. The van der Waals surface area contributed by atoms with Gasteiger partial charge in [0.1, 0.15) is 0 Å². The Hall–Kier alpha value is -0.270. The van der Waals surface area contributed by atoms with Crippen LogP contribution in [0.2, 0.25) is 0 Å². The Kier molecular flexibility index (Phi) is 3.13. The summed E-state index contributed by atoms with van der Waals surface area (Å²) in [7, 11) is 1.36. The van der Waals surface area contributed by atoms with Gasteiger partial charge in [-0.15, -0.1) is 0 Å². The summed E-state index contributed by atoms with van der Waals surface area (Å²) < 4.78 is 21.1. The number of halogens is 1. The number of aliphatic imine (C=N–C) groups is 1. The maximum atomic E-state index is 11.4. The van der Waals surface area contributed by atoms with Crippen LogP contribution < -0.4 is 5.32 Å². The molecule has 0 aromatic heterocycles. The van der Waals surface area contributed by atoms with Crippen LogP contribution in [0, 0.1) is 0 Å². The molecule has 1 aliphatic rings. The van der Waals surface area contributed by atoms with Gasteiger partial charge < -0.3 is 5.32 Å². The topological polar surface area (TPSA) is 75.6 Å². The van der Waals surface area contributed by atoms with Crippen LogP contribution in [0.5, 0.6) is 0 Å². The van der Waals surface area contributed by atoms with Crippen LogP contribution in [0.3, 0.4) is 0 Å². The van der Waals surface area contributed by atoms with Gasteiger partial charge >= 0.3 is 0 Å². The molecule has 0 bridgehead atoms. The molecule has 1 rings (SSSR count). The fraction of sp³-hybridized carbons (Fsp3) is 0.667. The molecule has 1 atom stereocenters. The van der Waals surface area contributed by atoms with Gasteiger partial charge in [-0.05, 0) is 6.92 Å². The summed E-state index contributed by atoms with van der Waals surface area (Å²) in [5.74, 6) is -0.184. The molecule has 0 aromatic carbocycles. The van der Waals surface area contributed by atoms with E-state index >= 15 is 0 Å². The van der Waals surface area contributed by atoms with Crippen LogP contribution in [-0.4, -0.2) is 30.1 Å². The normalized spacial score (nSPS) is 27.2. The molecule has 0 spiro atoms. The molecule has 1 heterocycles. The maximum Gasteiger partial charge on any atom is 0.272 e. The Bertz CT molecular complexity index is 392. The van der Waals surface area contributed by atoms with Crippen molar-refractivity contribution in [2.45, 2.75) is 18.1 Å². The van der Waals surface area contributed by atoms with Crippen molar-refractivity contribution >= 4 is 43.1 Å². The number of rotatable bonds is 2. The van der Waals surface area contributed by atoms with Gasteiger partial charge in [-0.25, -0.2) is 8.42 Å². The van der Waals surface area contributed by atoms with Crippen LogP contribution in [0.4, 0.5) is 0 Å². The Morgan fingerprint density at radius 1 is 1.71 bits per heavy atom. The lowest BCUT2D eigenvalue weighted by atomic mass is 10.4. The molecule has 1 unspecified atom stereocenters. The standard InChI is InChI=1S/C6H9ClN2O3S2/c1-4-6(9-5(2)10,13-3-8-4)14(7,11)12/h3H2,1-2H3,(H,9,10). The summed E-state index contributed by atoms with van der Waals surface area (Å²) in [6.07, 6.45) is 0. The second-order valence-corrected chi connectivity index (χ2v) is 6.88. The Morgan fingerprint density at radius 2 is 2.29 bits per heavy atom. The molecule has 0 saturated heterocycles. The van der Waals surface area contributed by atoms with Crippen molar-refractivity contribution in [3.05, 3.63) is 0 Å². The molecule has 0 saturated carbocycles. The predicted molar refractivity (Wildman–Crippen MR) is 56.9 cm³/mol. The second-order valence-electron chi connectivity index (χ2n) is 2.75. The van der Waals surface area contributed by atoms with E-state index in [0.29, 0.717) is 5.71 Å². The van der Waals surface area contributed by atoms with E-state index in [4.69, 9.17) is 10.7 Å². The zero-order valence-electron chi connectivity index (χ0n) is 7.57. The number of carbonyl (C=O) groups is 1. The van der Waals surface area contributed by atoms with E-state index in [1.54, 1.807) is 0 Å². The van der Waals surface area contributed by atoms with E-state index in [9.17, 15) is 13.2 Å². The molecular weight excluding hydrogens is 248 g/mol. The third-order valence-electron chi connectivity index (χ3n) is 1.73. The number of nitrogens with one attached hydrogen (secondary N) is 1. The average molecular weight is 257 g/mol. The zero-order valence-corrected chi connectivity index (χ0v) is 9.96. The number of thioether (sulfide) groups is 1. The van der Waals surface area contributed by atoms with Crippen molar-refractivity contribution in [1.29, 1.82) is 0 Å². The smallest absolute Gasteiger partial charge is 0.272 e. The van der Waals surface area contributed by atoms with Crippen molar-refractivity contribution in [2.24, 2.45) is 4.99 Å². The molecule has 8 heteroatoms. The van der Waals surface area contributed by atoms with Crippen molar-refractivity contribution in [1.82, 2.24) is 5.32 Å². The molecule has 14 heavy (non-hydrogen) atoms. The highest BCUT2D eigenvalue weighted by molar-refractivity contribution is 8.26. The molecule has 0 aromatic rings. The minimum atomic E-state index is -3.94. The van der Waals surface area contributed by atoms with Crippen LogP contribution in [0.25, 0.3) is 0 Å². The second kappa shape index (κ2) is 3.71. The first-order chi connectivity index (χ1) is 6.29. The minimum Gasteiger partial charge on any atom is -0.323 e. The van der Waals surface area contributed by atoms with Crippen molar-refractivity contribution in [3.63, 3.8) is 0 Å². The van der Waals surface area contributed by atoms with E-state index < -0.39 is 19.2 Å². The van der Waals surface area contributed by atoms with Crippen molar-refractivity contribution in [3.8, 4) is 0 Å². The predicted octanol–water partition coefficient (Wildman–Crippen LogP) is 0.510. The van der Waals surface area contributed by atoms with Crippen molar-refractivity contribution < 1.29 is 13.2 Å². The van der Waals surface area contributed by atoms with Gasteiger partial charge in [0, 0.05) is 17.6 Å². The van der Waals surface area contributed by atoms with E-state index in [1.165, 1.54) is 13.8 Å². The first-order valence-electron chi connectivity index (χ1n) is 3.68. The molecule has 0 fully saturated rings. The molecule has 0 radical (unpaired) electrons. The average Bonchev–Trinajstić information content (AvgIpc) is 2.30. The molecule has 5 nitrogen and oxygen atoms in total. The first-order valence-corrected chi connectivity index (χ1v) is 6.97. The van der Waals surface area contributed by atoms with Gasteiger partial charge in [0.15, 0.2) is 0 Å². The summed E-state index contributed by atoms with van der Waals surface area (Å²) in [5, 5.41) is 2.32. The molecule has 80 valence electrons.